The SMILES string of the molecule is CC([C@@H](CCc1ccccc1)N1C(=O)OC[C@H]1c1ccccc1)[N+](=O)[O-]. The number of nitrogens with zero attached hydrogens (tertiary/aromatic N) is 2. The highest BCUT2D eigenvalue weighted by Gasteiger charge is 2.44. The van der Waals surface area contributed by atoms with Crippen LogP contribution in [0.5, 0.6) is 0 Å². The van der Waals surface area contributed by atoms with E-state index < -0.39 is 18.2 Å². The number of benzene rings is 2. The molecule has 0 radical (unpaired) electrons. The lowest BCUT2D eigenvalue weighted by molar-refractivity contribution is -0.525. The molecule has 1 aliphatic heterocycles. The molecule has 1 saturated heterocycles. The third-order valence-corrected chi connectivity index (χ3v) is 4.91. The fourth-order valence-electron chi connectivity index (χ4n) is 3.44. The fraction of sp³-hybridized carbons (Fsp3) is 0.350. The van der Waals surface area contributed by atoms with Crippen LogP contribution in [0.25, 0.3) is 0 Å². The first-order chi connectivity index (χ1) is 12.6. The second kappa shape index (κ2) is 7.99. The van der Waals surface area contributed by atoms with Crippen molar-refractivity contribution < 1.29 is 14.5 Å². The number of carbonyl (C=O) groups excluding carboxylic acids is 1. The monoisotopic (exact) mass is 354 g/mol. The summed E-state index contributed by atoms with van der Waals surface area (Å²) in [5.74, 6) is 0. The number of ether oxygens (including phenoxy) is 1. The van der Waals surface area contributed by atoms with Crippen LogP contribution in [0.2, 0.25) is 0 Å². The molecule has 2 aromatic rings. The van der Waals surface area contributed by atoms with Gasteiger partial charge in [0.1, 0.15) is 12.6 Å². The molecule has 2 aromatic carbocycles. The minimum atomic E-state index is -0.879. The number of aryl methyl sites for hydroxylation is 1. The highest BCUT2D eigenvalue weighted by Crippen LogP contribution is 2.32. The molecule has 0 saturated carbocycles. The Morgan fingerprint density at radius 2 is 1.77 bits per heavy atom. The van der Waals surface area contributed by atoms with Gasteiger partial charge in [-0.05, 0) is 24.0 Å². The van der Waals surface area contributed by atoms with Gasteiger partial charge in [-0.25, -0.2) is 4.79 Å². The molecule has 0 aliphatic carbocycles. The van der Waals surface area contributed by atoms with Crippen molar-refractivity contribution in [3.63, 3.8) is 0 Å². The number of nitro groups is 1. The largest absolute Gasteiger partial charge is 0.447 e. The zero-order valence-electron chi connectivity index (χ0n) is 14.7. The molecular weight excluding hydrogens is 332 g/mol. The van der Waals surface area contributed by atoms with E-state index in [9.17, 15) is 14.9 Å². The van der Waals surface area contributed by atoms with Gasteiger partial charge in [0, 0.05) is 11.8 Å². The molecule has 1 heterocycles. The van der Waals surface area contributed by atoms with Crippen LogP contribution >= 0.6 is 0 Å². The van der Waals surface area contributed by atoms with Crippen molar-refractivity contribution in [3.8, 4) is 0 Å². The summed E-state index contributed by atoms with van der Waals surface area (Å²) in [7, 11) is 0. The van der Waals surface area contributed by atoms with Crippen molar-refractivity contribution in [2.24, 2.45) is 0 Å². The van der Waals surface area contributed by atoms with E-state index >= 15 is 0 Å². The van der Waals surface area contributed by atoms with E-state index in [-0.39, 0.29) is 17.6 Å². The Morgan fingerprint density at radius 3 is 2.38 bits per heavy atom. The minimum Gasteiger partial charge on any atom is -0.447 e. The lowest BCUT2D eigenvalue weighted by Crippen LogP contribution is -2.47. The second-order valence-electron chi connectivity index (χ2n) is 6.53. The van der Waals surface area contributed by atoms with Crippen LogP contribution in [0.4, 0.5) is 4.79 Å². The molecule has 3 atom stereocenters. The summed E-state index contributed by atoms with van der Waals surface area (Å²) in [6.07, 6.45) is 0.685. The van der Waals surface area contributed by atoms with Crippen LogP contribution in [0.15, 0.2) is 60.7 Å². The number of cyclic esters (lactones) is 1. The standard InChI is InChI=1S/C20H22N2O4/c1-15(22(24)25)18(13-12-16-8-4-2-5-9-16)21-19(14-26-20(21)23)17-10-6-3-7-11-17/h2-11,15,18-19H,12-14H2,1H3/t15?,18-,19+/m1/s1. The summed E-state index contributed by atoms with van der Waals surface area (Å²) >= 11 is 0. The van der Waals surface area contributed by atoms with Gasteiger partial charge < -0.3 is 4.74 Å². The Morgan fingerprint density at radius 1 is 1.15 bits per heavy atom. The third kappa shape index (κ3) is 3.85. The van der Waals surface area contributed by atoms with Crippen molar-refractivity contribution >= 4 is 6.09 Å². The topological polar surface area (TPSA) is 72.7 Å². The summed E-state index contributed by atoms with van der Waals surface area (Å²) < 4.78 is 5.26. The van der Waals surface area contributed by atoms with Gasteiger partial charge in [0.15, 0.2) is 0 Å². The highest BCUT2D eigenvalue weighted by molar-refractivity contribution is 5.71. The zero-order valence-corrected chi connectivity index (χ0v) is 14.7. The average Bonchev–Trinajstić information content (AvgIpc) is 3.05. The lowest BCUT2D eigenvalue weighted by Gasteiger charge is -2.31. The molecule has 26 heavy (non-hydrogen) atoms. The summed E-state index contributed by atoms with van der Waals surface area (Å²) in [5.41, 5.74) is 2.02. The van der Waals surface area contributed by atoms with Crippen LogP contribution < -0.4 is 0 Å². The molecule has 1 aliphatic rings. The number of hydrogen-bond acceptors (Lipinski definition) is 4. The summed E-state index contributed by atoms with van der Waals surface area (Å²) in [5, 5.41) is 11.5. The lowest BCUT2D eigenvalue weighted by atomic mass is 9.96. The third-order valence-electron chi connectivity index (χ3n) is 4.91. The van der Waals surface area contributed by atoms with Gasteiger partial charge in [0.2, 0.25) is 6.04 Å². The maximum Gasteiger partial charge on any atom is 0.410 e. The summed E-state index contributed by atoms with van der Waals surface area (Å²) in [4.78, 5) is 25.1. The molecular formula is C20H22N2O4. The zero-order chi connectivity index (χ0) is 18.5. The number of amides is 1. The second-order valence-corrected chi connectivity index (χ2v) is 6.53. The van der Waals surface area contributed by atoms with E-state index in [1.165, 1.54) is 0 Å². The van der Waals surface area contributed by atoms with Crippen molar-refractivity contribution in [1.29, 1.82) is 0 Å². The molecule has 0 spiro atoms. The van der Waals surface area contributed by atoms with Gasteiger partial charge in [-0.1, -0.05) is 60.7 Å². The molecule has 1 unspecified atom stereocenters. The minimum absolute atomic E-state index is 0.217. The molecule has 6 heteroatoms. The first-order valence-electron chi connectivity index (χ1n) is 8.75. The molecule has 0 aromatic heterocycles. The van der Waals surface area contributed by atoms with E-state index in [0.29, 0.717) is 12.8 Å². The van der Waals surface area contributed by atoms with Gasteiger partial charge in [-0.15, -0.1) is 0 Å². The molecule has 0 bridgehead atoms. The maximum absolute atomic E-state index is 12.4. The van der Waals surface area contributed by atoms with E-state index in [4.69, 9.17) is 4.74 Å². The predicted molar refractivity (Wildman–Crippen MR) is 97.4 cm³/mol. The predicted octanol–water partition coefficient (Wildman–Crippen LogP) is 3.85. The molecule has 136 valence electrons. The molecule has 6 nitrogen and oxygen atoms in total. The van der Waals surface area contributed by atoms with Gasteiger partial charge in [-0.3, -0.25) is 15.0 Å². The molecule has 1 fully saturated rings. The highest BCUT2D eigenvalue weighted by atomic mass is 16.6. The Labute approximate surface area is 152 Å². The van der Waals surface area contributed by atoms with E-state index in [1.807, 2.05) is 60.7 Å². The average molecular weight is 354 g/mol. The Bertz CT molecular complexity index is 751. The number of hydrogen-bond donors (Lipinski definition) is 0. The van der Waals surface area contributed by atoms with Crippen molar-refractivity contribution in [2.45, 2.75) is 37.9 Å². The Kier molecular flexibility index (Phi) is 5.51. The van der Waals surface area contributed by atoms with Gasteiger partial charge in [-0.2, -0.15) is 0 Å². The van der Waals surface area contributed by atoms with Gasteiger partial charge in [0.05, 0.1) is 6.04 Å². The number of carbonyl (C=O) groups is 1. The summed E-state index contributed by atoms with van der Waals surface area (Å²) in [6.45, 7) is 1.78. The molecule has 3 rings (SSSR count). The first kappa shape index (κ1) is 17.9. The fourth-order valence-corrected chi connectivity index (χ4v) is 3.44. The quantitative estimate of drug-likeness (QED) is 0.559. The smallest absolute Gasteiger partial charge is 0.410 e. The summed E-state index contributed by atoms with van der Waals surface area (Å²) in [6, 6.07) is 17.6. The maximum atomic E-state index is 12.4. The Hall–Kier alpha value is -2.89. The normalized spacial score (nSPS) is 19.0. The van der Waals surface area contributed by atoms with Gasteiger partial charge in [0.25, 0.3) is 0 Å². The van der Waals surface area contributed by atoms with E-state index in [2.05, 4.69) is 0 Å². The van der Waals surface area contributed by atoms with Crippen LogP contribution in [0, 0.1) is 10.1 Å². The van der Waals surface area contributed by atoms with Gasteiger partial charge >= 0.3 is 6.09 Å². The van der Waals surface area contributed by atoms with Crippen LogP contribution in [0.3, 0.4) is 0 Å². The van der Waals surface area contributed by atoms with Crippen molar-refractivity contribution in [1.82, 2.24) is 4.90 Å². The van der Waals surface area contributed by atoms with E-state index in [0.717, 1.165) is 11.1 Å². The van der Waals surface area contributed by atoms with E-state index in [1.54, 1.807) is 11.8 Å². The molecule has 0 N–H and O–H groups in total. The Balaban J connectivity index is 1.86. The van der Waals surface area contributed by atoms with Crippen LogP contribution in [-0.4, -0.2) is 34.6 Å². The first-order valence-corrected chi connectivity index (χ1v) is 8.75. The number of rotatable bonds is 7. The van der Waals surface area contributed by atoms with Crippen LogP contribution in [-0.2, 0) is 11.2 Å². The van der Waals surface area contributed by atoms with Crippen LogP contribution in [0.1, 0.15) is 30.5 Å². The molecule has 1 amide bonds. The van der Waals surface area contributed by atoms with Crippen molar-refractivity contribution in [3.05, 3.63) is 81.9 Å². The van der Waals surface area contributed by atoms with Crippen molar-refractivity contribution in [2.75, 3.05) is 6.61 Å².